The second-order valence-corrected chi connectivity index (χ2v) is 4.67. The van der Waals surface area contributed by atoms with Crippen LogP contribution in [0.2, 0.25) is 0 Å². The van der Waals surface area contributed by atoms with E-state index in [0.717, 1.165) is 22.0 Å². The predicted molar refractivity (Wildman–Crippen MR) is 67.1 cm³/mol. The molecule has 5 heteroatoms. The SMILES string of the molecule is Cn1ccnc1SCc1ccc(F)cc1CN. The number of thioether (sulfide) groups is 1. The molecule has 90 valence electrons. The standard InChI is InChI=1S/C12H14FN3S/c1-16-5-4-15-12(16)17-8-9-2-3-11(13)6-10(9)7-14/h2-6H,7-8,14H2,1H3. The van der Waals surface area contributed by atoms with E-state index in [1.54, 1.807) is 24.0 Å². The van der Waals surface area contributed by atoms with Crippen molar-refractivity contribution >= 4 is 11.8 Å². The molecular formula is C12H14FN3S. The molecule has 0 atom stereocenters. The molecule has 0 aliphatic heterocycles. The molecule has 0 fully saturated rings. The molecule has 0 spiro atoms. The van der Waals surface area contributed by atoms with Gasteiger partial charge in [0.1, 0.15) is 5.82 Å². The number of nitrogens with two attached hydrogens (primary N) is 1. The third-order valence-electron chi connectivity index (χ3n) is 2.52. The fraction of sp³-hybridized carbons (Fsp3) is 0.250. The number of halogens is 1. The van der Waals surface area contributed by atoms with Crippen LogP contribution in [0.5, 0.6) is 0 Å². The number of benzene rings is 1. The molecule has 0 radical (unpaired) electrons. The Morgan fingerprint density at radius 3 is 2.88 bits per heavy atom. The van der Waals surface area contributed by atoms with Crippen LogP contribution in [0, 0.1) is 5.82 Å². The molecule has 1 aromatic carbocycles. The number of hydrogen-bond donors (Lipinski definition) is 1. The zero-order chi connectivity index (χ0) is 12.3. The Hall–Kier alpha value is -1.33. The highest BCUT2D eigenvalue weighted by atomic mass is 32.2. The van der Waals surface area contributed by atoms with Crippen LogP contribution in [0.15, 0.2) is 35.7 Å². The van der Waals surface area contributed by atoms with Gasteiger partial charge in [0.2, 0.25) is 0 Å². The van der Waals surface area contributed by atoms with Gasteiger partial charge >= 0.3 is 0 Å². The minimum Gasteiger partial charge on any atom is -0.329 e. The molecule has 1 aromatic heterocycles. The summed E-state index contributed by atoms with van der Waals surface area (Å²) in [7, 11) is 1.95. The monoisotopic (exact) mass is 251 g/mol. The van der Waals surface area contributed by atoms with E-state index in [1.165, 1.54) is 12.1 Å². The van der Waals surface area contributed by atoms with Gasteiger partial charge < -0.3 is 10.3 Å². The van der Waals surface area contributed by atoms with E-state index in [9.17, 15) is 4.39 Å². The molecule has 2 N–H and O–H groups in total. The van der Waals surface area contributed by atoms with Crippen LogP contribution in [-0.2, 0) is 19.3 Å². The van der Waals surface area contributed by atoms with E-state index in [0.29, 0.717) is 6.54 Å². The molecule has 3 nitrogen and oxygen atoms in total. The quantitative estimate of drug-likeness (QED) is 0.848. The Morgan fingerprint density at radius 1 is 1.41 bits per heavy atom. The number of aromatic nitrogens is 2. The highest BCUT2D eigenvalue weighted by molar-refractivity contribution is 7.98. The molecule has 0 saturated heterocycles. The normalized spacial score (nSPS) is 10.8. The molecule has 0 saturated carbocycles. The fourth-order valence-corrected chi connectivity index (χ4v) is 2.52. The second-order valence-electron chi connectivity index (χ2n) is 3.73. The Balaban J connectivity index is 2.11. The molecule has 0 aliphatic rings. The van der Waals surface area contributed by atoms with Crippen LogP contribution in [0.1, 0.15) is 11.1 Å². The van der Waals surface area contributed by atoms with Gasteiger partial charge in [-0.1, -0.05) is 17.8 Å². The lowest BCUT2D eigenvalue weighted by Crippen LogP contribution is -2.02. The van der Waals surface area contributed by atoms with E-state index in [1.807, 2.05) is 17.8 Å². The van der Waals surface area contributed by atoms with E-state index in [2.05, 4.69) is 4.98 Å². The van der Waals surface area contributed by atoms with Gasteiger partial charge in [-0.05, 0) is 23.3 Å². The molecule has 1 heterocycles. The summed E-state index contributed by atoms with van der Waals surface area (Å²) in [5.74, 6) is 0.508. The Labute approximate surface area is 104 Å². The average Bonchev–Trinajstić information content (AvgIpc) is 2.73. The third kappa shape index (κ3) is 2.87. The van der Waals surface area contributed by atoms with Gasteiger partial charge in [0.15, 0.2) is 5.16 Å². The van der Waals surface area contributed by atoms with Crippen LogP contribution < -0.4 is 5.73 Å². The predicted octanol–water partition coefficient (Wildman–Crippen LogP) is 2.31. The number of nitrogens with zero attached hydrogens (tertiary/aromatic N) is 2. The zero-order valence-electron chi connectivity index (χ0n) is 9.56. The second kappa shape index (κ2) is 5.33. The van der Waals surface area contributed by atoms with Crippen LogP contribution in [-0.4, -0.2) is 9.55 Å². The summed E-state index contributed by atoms with van der Waals surface area (Å²) >= 11 is 1.62. The minimum atomic E-state index is -0.240. The van der Waals surface area contributed by atoms with Crippen molar-refractivity contribution in [3.05, 3.63) is 47.5 Å². The first kappa shape index (κ1) is 12.1. The molecule has 0 bridgehead atoms. The Kier molecular flexibility index (Phi) is 3.81. The van der Waals surface area contributed by atoms with Crippen LogP contribution >= 0.6 is 11.8 Å². The maximum Gasteiger partial charge on any atom is 0.167 e. The molecule has 17 heavy (non-hydrogen) atoms. The van der Waals surface area contributed by atoms with E-state index in [4.69, 9.17) is 5.73 Å². The fourth-order valence-electron chi connectivity index (χ4n) is 1.56. The van der Waals surface area contributed by atoms with Crippen LogP contribution in [0.4, 0.5) is 4.39 Å². The first-order valence-electron chi connectivity index (χ1n) is 5.28. The first-order chi connectivity index (χ1) is 8.20. The van der Waals surface area contributed by atoms with Gasteiger partial charge in [-0.25, -0.2) is 9.37 Å². The number of aryl methyl sites for hydroxylation is 1. The summed E-state index contributed by atoms with van der Waals surface area (Å²) in [4.78, 5) is 4.22. The van der Waals surface area contributed by atoms with Gasteiger partial charge in [0.25, 0.3) is 0 Å². The lowest BCUT2D eigenvalue weighted by Gasteiger charge is -2.07. The average molecular weight is 251 g/mol. The van der Waals surface area contributed by atoms with Gasteiger partial charge in [-0.2, -0.15) is 0 Å². The van der Waals surface area contributed by atoms with Crippen molar-refractivity contribution in [2.75, 3.05) is 0 Å². The third-order valence-corrected chi connectivity index (χ3v) is 3.63. The zero-order valence-corrected chi connectivity index (χ0v) is 10.4. The topological polar surface area (TPSA) is 43.8 Å². The van der Waals surface area contributed by atoms with Gasteiger partial charge in [-0.15, -0.1) is 0 Å². The molecule has 0 amide bonds. The summed E-state index contributed by atoms with van der Waals surface area (Å²) in [6, 6.07) is 4.75. The van der Waals surface area contributed by atoms with Crippen LogP contribution in [0.3, 0.4) is 0 Å². The Morgan fingerprint density at radius 2 is 2.24 bits per heavy atom. The van der Waals surface area contributed by atoms with Crippen LogP contribution in [0.25, 0.3) is 0 Å². The van der Waals surface area contributed by atoms with Crippen molar-refractivity contribution in [1.82, 2.24) is 9.55 Å². The number of imidazole rings is 1. The molecule has 2 aromatic rings. The maximum atomic E-state index is 13.0. The number of rotatable bonds is 4. The molecule has 0 aliphatic carbocycles. The van der Waals surface area contributed by atoms with Crippen molar-refractivity contribution in [2.45, 2.75) is 17.5 Å². The highest BCUT2D eigenvalue weighted by Crippen LogP contribution is 2.23. The van der Waals surface area contributed by atoms with Gasteiger partial charge in [0.05, 0.1) is 0 Å². The first-order valence-corrected chi connectivity index (χ1v) is 6.26. The summed E-state index contributed by atoms with van der Waals surface area (Å²) in [6.07, 6.45) is 3.66. The highest BCUT2D eigenvalue weighted by Gasteiger charge is 2.05. The van der Waals surface area contributed by atoms with Crippen molar-refractivity contribution in [3.8, 4) is 0 Å². The summed E-state index contributed by atoms with van der Waals surface area (Å²) in [5.41, 5.74) is 7.51. The van der Waals surface area contributed by atoms with E-state index < -0.39 is 0 Å². The largest absolute Gasteiger partial charge is 0.329 e. The lowest BCUT2D eigenvalue weighted by molar-refractivity contribution is 0.624. The van der Waals surface area contributed by atoms with Gasteiger partial charge in [0, 0.05) is 31.7 Å². The van der Waals surface area contributed by atoms with Crippen molar-refractivity contribution < 1.29 is 4.39 Å². The smallest absolute Gasteiger partial charge is 0.167 e. The molecule has 2 rings (SSSR count). The Bertz CT molecular complexity index is 510. The summed E-state index contributed by atoms with van der Waals surface area (Å²) in [6.45, 7) is 0.355. The minimum absolute atomic E-state index is 0.240. The summed E-state index contributed by atoms with van der Waals surface area (Å²) < 4.78 is 15.0. The summed E-state index contributed by atoms with van der Waals surface area (Å²) in [5, 5.41) is 0.942. The number of hydrogen-bond acceptors (Lipinski definition) is 3. The van der Waals surface area contributed by atoms with Crippen molar-refractivity contribution in [1.29, 1.82) is 0 Å². The van der Waals surface area contributed by atoms with E-state index in [-0.39, 0.29) is 5.82 Å². The van der Waals surface area contributed by atoms with Gasteiger partial charge in [-0.3, -0.25) is 0 Å². The van der Waals surface area contributed by atoms with E-state index >= 15 is 0 Å². The lowest BCUT2D eigenvalue weighted by atomic mass is 10.1. The molecule has 0 unspecified atom stereocenters. The molecular weight excluding hydrogens is 237 g/mol. The van der Waals surface area contributed by atoms with Crippen molar-refractivity contribution in [2.24, 2.45) is 12.8 Å². The maximum absolute atomic E-state index is 13.0. The van der Waals surface area contributed by atoms with Crippen molar-refractivity contribution in [3.63, 3.8) is 0 Å².